The van der Waals surface area contributed by atoms with Gasteiger partial charge in [0.2, 0.25) is 0 Å². The van der Waals surface area contributed by atoms with Crippen LogP contribution >= 0.6 is 0 Å². The molecule has 0 bridgehead atoms. The lowest BCUT2D eigenvalue weighted by molar-refractivity contribution is 0.559. The Kier molecular flexibility index (Phi) is 1.97. The number of hydrogen-bond acceptors (Lipinski definition) is 1. The first-order valence-electron chi connectivity index (χ1n) is 2.85. The molecule has 0 saturated heterocycles. The minimum absolute atomic E-state index is 0.138. The third-order valence-corrected chi connectivity index (χ3v) is 2.19. The summed E-state index contributed by atoms with van der Waals surface area (Å²) in [5, 5.41) is 0. The van der Waals surface area contributed by atoms with Crippen LogP contribution in [-0.4, -0.2) is 14.6 Å². The van der Waals surface area contributed by atoms with E-state index in [9.17, 15) is 8.60 Å². The van der Waals surface area contributed by atoms with Gasteiger partial charge in [-0.3, -0.25) is 0 Å². The molecule has 60 valence electrons. The Labute approximate surface area is 64.5 Å². The van der Waals surface area contributed by atoms with Crippen LogP contribution in [0.4, 0.5) is 4.39 Å². The van der Waals surface area contributed by atoms with Crippen molar-refractivity contribution in [2.45, 2.75) is 4.90 Å². The molecule has 0 aliphatic heterocycles. The van der Waals surface area contributed by atoms with Crippen LogP contribution in [0.25, 0.3) is 0 Å². The lowest BCUT2D eigenvalue weighted by Crippen LogP contribution is -1.96. The summed E-state index contributed by atoms with van der Waals surface area (Å²) in [7, 11) is -3.19. The second kappa shape index (κ2) is 2.64. The van der Waals surface area contributed by atoms with Crippen molar-refractivity contribution in [3.05, 3.63) is 30.1 Å². The molecule has 0 aliphatic rings. The molecule has 1 aromatic rings. The largest absolute Gasteiger partial charge is 0.310 e. The van der Waals surface area contributed by atoms with E-state index in [4.69, 9.17) is 4.55 Å². The summed E-state index contributed by atoms with van der Waals surface area (Å²) in [6.45, 7) is 0. The van der Waals surface area contributed by atoms with Gasteiger partial charge < -0.3 is 4.55 Å². The average Bonchev–Trinajstić information content (AvgIpc) is 1.86. The molecule has 0 spiro atoms. The molecular weight excluding hydrogens is 167 g/mol. The first kappa shape index (κ1) is 8.23. The summed E-state index contributed by atoms with van der Waals surface area (Å²) in [6, 6.07) is 4.72. The quantitative estimate of drug-likeness (QED) is 0.653. The van der Waals surface area contributed by atoms with Gasteiger partial charge in [-0.15, -0.1) is 0 Å². The molecule has 4 heteroatoms. The highest BCUT2D eigenvalue weighted by Gasteiger charge is 2.00. The zero-order chi connectivity index (χ0) is 8.48. The molecule has 0 fully saturated rings. The Morgan fingerprint density at radius 3 is 2.18 bits per heavy atom. The van der Waals surface area contributed by atoms with Gasteiger partial charge in [0, 0.05) is 0 Å². The lowest BCUT2D eigenvalue weighted by atomic mass is 10.4. The Morgan fingerprint density at radius 1 is 1.36 bits per heavy atom. The normalized spacial score (nSPS) is 15.8. The molecule has 0 aliphatic carbocycles. The Bertz CT molecular complexity index is 339. The van der Waals surface area contributed by atoms with E-state index in [-0.39, 0.29) is 4.90 Å². The van der Waals surface area contributed by atoms with Crippen LogP contribution in [0.5, 0.6) is 0 Å². The van der Waals surface area contributed by atoms with Gasteiger partial charge in [0.1, 0.15) is 15.6 Å². The van der Waals surface area contributed by atoms with E-state index in [2.05, 4.69) is 5.87 Å². The second-order valence-electron chi connectivity index (χ2n) is 2.09. The fourth-order valence-corrected chi connectivity index (χ4v) is 1.21. The van der Waals surface area contributed by atoms with E-state index in [1.807, 2.05) is 0 Å². The molecule has 1 atom stereocenters. The highest BCUT2D eigenvalue weighted by atomic mass is 32.2. The molecule has 0 aromatic heterocycles. The molecule has 1 rings (SSSR count). The topological polar surface area (TPSA) is 37.3 Å². The Balaban J connectivity index is 3.20. The van der Waals surface area contributed by atoms with Crippen LogP contribution in [0.1, 0.15) is 0 Å². The third-order valence-electron chi connectivity index (χ3n) is 1.18. The van der Waals surface area contributed by atoms with Crippen molar-refractivity contribution in [3.63, 3.8) is 0 Å². The van der Waals surface area contributed by atoms with Gasteiger partial charge >= 0.3 is 0 Å². The van der Waals surface area contributed by atoms with Gasteiger partial charge in [-0.1, -0.05) is 0 Å². The van der Waals surface area contributed by atoms with Crippen molar-refractivity contribution in [1.29, 1.82) is 0 Å². The average molecular weight is 174 g/mol. The molecule has 1 aromatic carbocycles. The maximum absolute atomic E-state index is 12.3. The van der Waals surface area contributed by atoms with Crippen molar-refractivity contribution in [2.24, 2.45) is 0 Å². The summed E-state index contributed by atoms with van der Waals surface area (Å²) < 4.78 is 32.0. The highest BCUT2D eigenvalue weighted by molar-refractivity contribution is 7.95. The van der Waals surface area contributed by atoms with Crippen LogP contribution < -0.4 is 0 Å². The maximum Gasteiger partial charge on any atom is 0.123 e. The van der Waals surface area contributed by atoms with Gasteiger partial charge in [0.05, 0.1) is 4.90 Å². The number of benzene rings is 1. The van der Waals surface area contributed by atoms with Crippen LogP contribution in [0.2, 0.25) is 0 Å². The monoisotopic (exact) mass is 174 g/mol. The smallest absolute Gasteiger partial charge is 0.123 e. The summed E-state index contributed by atoms with van der Waals surface area (Å²) in [6.07, 6.45) is 0. The third kappa shape index (κ3) is 2.03. The van der Waals surface area contributed by atoms with Gasteiger partial charge in [0.15, 0.2) is 0 Å². The van der Waals surface area contributed by atoms with E-state index in [1.54, 1.807) is 0 Å². The molecule has 0 saturated carbocycles. The molecular formula is C7H7FO2S. The van der Waals surface area contributed by atoms with Crippen molar-refractivity contribution < 1.29 is 13.2 Å². The summed E-state index contributed by atoms with van der Waals surface area (Å²) in [4.78, 5) is 0.138. The number of rotatable bonds is 1. The lowest BCUT2D eigenvalue weighted by Gasteiger charge is -1.99. The molecule has 1 unspecified atom stereocenters. The van der Waals surface area contributed by atoms with Crippen LogP contribution in [0.15, 0.2) is 29.2 Å². The summed E-state index contributed by atoms with van der Waals surface area (Å²) in [5.41, 5.74) is 0. The van der Waals surface area contributed by atoms with Crippen molar-refractivity contribution in [3.8, 4) is 0 Å². The molecule has 0 amide bonds. The zero-order valence-corrected chi connectivity index (χ0v) is 6.47. The minimum Gasteiger partial charge on any atom is -0.310 e. The standard InChI is InChI=1S/C7H7FO2S/c1-11(9,10)7-4-2-6(8)3-5-7/h2-5H,1H2,(H,9,10). The summed E-state index contributed by atoms with van der Waals surface area (Å²) in [5.74, 6) is 2.60. The van der Waals surface area contributed by atoms with Crippen molar-refractivity contribution >= 4 is 15.7 Å². The molecule has 0 heterocycles. The highest BCUT2D eigenvalue weighted by Crippen LogP contribution is 2.08. The van der Waals surface area contributed by atoms with Crippen molar-refractivity contribution in [1.82, 2.24) is 0 Å². The predicted octanol–water partition coefficient (Wildman–Crippen LogP) is 1.37. The first-order chi connectivity index (χ1) is 5.00. The van der Waals surface area contributed by atoms with Crippen LogP contribution in [0, 0.1) is 5.82 Å². The van der Waals surface area contributed by atoms with Gasteiger partial charge in [0.25, 0.3) is 0 Å². The molecule has 0 radical (unpaired) electrons. The van der Waals surface area contributed by atoms with Crippen LogP contribution in [0.3, 0.4) is 0 Å². The second-order valence-corrected chi connectivity index (χ2v) is 3.85. The Morgan fingerprint density at radius 2 is 1.82 bits per heavy atom. The maximum atomic E-state index is 12.3. The SMILES string of the molecule is C=S(=O)(O)c1ccc(F)cc1. The van der Waals surface area contributed by atoms with Crippen molar-refractivity contribution in [2.75, 3.05) is 0 Å². The van der Waals surface area contributed by atoms with E-state index < -0.39 is 15.6 Å². The van der Waals surface area contributed by atoms with Crippen LogP contribution in [-0.2, 0) is 9.80 Å². The van der Waals surface area contributed by atoms with Gasteiger partial charge in [-0.25, -0.2) is 8.60 Å². The van der Waals surface area contributed by atoms with E-state index in [0.717, 1.165) is 12.1 Å². The minimum atomic E-state index is -3.19. The van der Waals surface area contributed by atoms with E-state index in [0.29, 0.717) is 0 Å². The zero-order valence-electron chi connectivity index (χ0n) is 5.66. The Hall–Kier alpha value is -0.870. The van der Waals surface area contributed by atoms with E-state index >= 15 is 0 Å². The molecule has 2 nitrogen and oxygen atoms in total. The number of halogens is 1. The van der Waals surface area contributed by atoms with Gasteiger partial charge in [-0.2, -0.15) is 0 Å². The number of hydrogen-bond donors (Lipinski definition) is 1. The first-order valence-corrected chi connectivity index (χ1v) is 4.54. The summed E-state index contributed by atoms with van der Waals surface area (Å²) >= 11 is 0. The van der Waals surface area contributed by atoms with Gasteiger partial charge in [-0.05, 0) is 30.1 Å². The molecule has 1 N–H and O–H groups in total. The van der Waals surface area contributed by atoms with E-state index in [1.165, 1.54) is 12.1 Å². The predicted molar refractivity (Wildman–Crippen MR) is 42.6 cm³/mol. The molecule has 11 heavy (non-hydrogen) atoms. The fraction of sp³-hybridized carbons (Fsp3) is 0. The fourth-order valence-electron chi connectivity index (χ4n) is 0.647.